The van der Waals surface area contributed by atoms with Crippen LogP contribution in [0.5, 0.6) is 5.75 Å². The summed E-state index contributed by atoms with van der Waals surface area (Å²) in [6.45, 7) is 7.69. The molecule has 25 heavy (non-hydrogen) atoms. The quantitative estimate of drug-likeness (QED) is 0.676. The third-order valence-corrected chi connectivity index (χ3v) is 4.64. The van der Waals surface area contributed by atoms with Crippen LogP contribution in [-0.4, -0.2) is 30.6 Å². The molecule has 0 aliphatic heterocycles. The summed E-state index contributed by atoms with van der Waals surface area (Å²) in [5, 5.41) is 13.6. The Bertz CT molecular complexity index is 697. The smallest absolute Gasteiger partial charge is 0.251 e. The Morgan fingerprint density at radius 2 is 1.80 bits per heavy atom. The zero-order chi connectivity index (χ0) is 18.2. The summed E-state index contributed by atoms with van der Waals surface area (Å²) in [6.07, 6.45) is 0.722. The molecule has 2 aromatic carbocycles. The van der Waals surface area contributed by atoms with Crippen molar-refractivity contribution in [3.8, 4) is 5.75 Å². The number of nitrogens with one attached hydrogen (secondary N) is 2. The van der Waals surface area contributed by atoms with Gasteiger partial charge in [0, 0.05) is 22.7 Å². The molecule has 0 unspecified atom stereocenters. The third kappa shape index (κ3) is 5.76. The first-order chi connectivity index (χ1) is 12.0. The van der Waals surface area contributed by atoms with Crippen LogP contribution in [0.1, 0.15) is 35.3 Å². The predicted molar refractivity (Wildman–Crippen MR) is 101 cm³/mol. The summed E-state index contributed by atoms with van der Waals surface area (Å²) in [7, 11) is 0. The van der Waals surface area contributed by atoms with Crippen molar-refractivity contribution in [3.63, 3.8) is 0 Å². The van der Waals surface area contributed by atoms with Crippen LogP contribution in [0.3, 0.4) is 0 Å². The number of benzene rings is 2. The van der Waals surface area contributed by atoms with Crippen LogP contribution in [0.25, 0.3) is 0 Å². The molecule has 2 rings (SSSR count). The van der Waals surface area contributed by atoms with Gasteiger partial charge in [0.05, 0.1) is 13.1 Å². The van der Waals surface area contributed by atoms with Crippen LogP contribution in [0.15, 0.2) is 42.5 Å². The molecular formula is C20H26ClN2O2+. The first-order valence-electron chi connectivity index (χ1n) is 8.71. The number of carbonyl (C=O) groups excluding carboxylic acids is 1. The second-order valence-electron chi connectivity index (χ2n) is 6.11. The van der Waals surface area contributed by atoms with E-state index in [1.807, 2.05) is 12.1 Å². The molecule has 0 aromatic heterocycles. The molecule has 5 heteroatoms. The summed E-state index contributed by atoms with van der Waals surface area (Å²) in [6, 6.07) is 12.5. The lowest BCUT2D eigenvalue weighted by molar-refractivity contribution is -0.910. The van der Waals surface area contributed by atoms with E-state index in [0.29, 0.717) is 22.9 Å². The maximum Gasteiger partial charge on any atom is 0.251 e. The minimum atomic E-state index is -0.108. The van der Waals surface area contributed by atoms with Gasteiger partial charge in [-0.3, -0.25) is 4.79 Å². The molecular weight excluding hydrogens is 336 g/mol. The van der Waals surface area contributed by atoms with Crippen molar-refractivity contribution in [1.29, 1.82) is 0 Å². The lowest BCUT2D eigenvalue weighted by Gasteiger charge is -2.16. The number of amides is 1. The largest absolute Gasteiger partial charge is 0.507 e. The Kier molecular flexibility index (Phi) is 7.29. The molecule has 0 spiro atoms. The fraction of sp³-hybridized carbons (Fsp3) is 0.350. The normalized spacial score (nSPS) is 10.9. The van der Waals surface area contributed by atoms with Gasteiger partial charge >= 0.3 is 0 Å². The zero-order valence-corrected chi connectivity index (χ0v) is 15.6. The standard InChI is InChI=1S/C20H25ClN2O2/c1-3-23(4-2)14-17-13-15(5-10-19(17)24)11-12-22-20(25)16-6-8-18(21)9-7-16/h5-10,13,24H,3-4,11-12,14H2,1-2H3,(H,22,25)/p+1. The van der Waals surface area contributed by atoms with Gasteiger partial charge in [-0.15, -0.1) is 0 Å². The van der Waals surface area contributed by atoms with E-state index < -0.39 is 0 Å². The summed E-state index contributed by atoms with van der Waals surface area (Å²) in [5.74, 6) is 0.233. The van der Waals surface area contributed by atoms with Crippen molar-refractivity contribution in [3.05, 3.63) is 64.2 Å². The maximum atomic E-state index is 12.1. The highest BCUT2D eigenvalue weighted by Gasteiger charge is 2.10. The third-order valence-electron chi connectivity index (χ3n) is 4.39. The second kappa shape index (κ2) is 9.44. The SMILES string of the molecule is CC[NH+](CC)Cc1cc(CCNC(=O)c2ccc(Cl)cc2)ccc1O. The molecule has 4 nitrogen and oxygen atoms in total. The maximum absolute atomic E-state index is 12.1. The number of phenols is 1. The number of phenolic OH excluding ortho intramolecular Hbond substituents is 1. The van der Waals surface area contributed by atoms with Gasteiger partial charge in [0.15, 0.2) is 0 Å². The molecule has 134 valence electrons. The molecule has 0 aliphatic carbocycles. The van der Waals surface area contributed by atoms with E-state index in [9.17, 15) is 9.90 Å². The van der Waals surface area contributed by atoms with Crippen LogP contribution in [-0.2, 0) is 13.0 Å². The monoisotopic (exact) mass is 361 g/mol. The molecule has 2 aromatic rings. The Morgan fingerprint density at radius 1 is 1.12 bits per heavy atom. The van der Waals surface area contributed by atoms with E-state index in [-0.39, 0.29) is 5.91 Å². The van der Waals surface area contributed by atoms with Gasteiger partial charge in [0.2, 0.25) is 0 Å². The van der Waals surface area contributed by atoms with Crippen LogP contribution in [0.4, 0.5) is 0 Å². The van der Waals surface area contributed by atoms with Gasteiger partial charge in [-0.05, 0) is 62.2 Å². The minimum absolute atomic E-state index is 0.108. The van der Waals surface area contributed by atoms with Gasteiger partial charge in [-0.1, -0.05) is 17.7 Å². The van der Waals surface area contributed by atoms with Crippen molar-refractivity contribution in [1.82, 2.24) is 5.32 Å². The first kappa shape index (κ1) is 19.3. The Labute approximate surface area is 154 Å². The molecule has 0 saturated heterocycles. The molecule has 0 heterocycles. The van der Waals surface area contributed by atoms with Gasteiger partial charge in [0.25, 0.3) is 5.91 Å². The summed E-state index contributed by atoms with van der Waals surface area (Å²) in [5.41, 5.74) is 2.66. The predicted octanol–water partition coefficient (Wildman–Crippen LogP) is 2.44. The highest BCUT2D eigenvalue weighted by atomic mass is 35.5. The van der Waals surface area contributed by atoms with E-state index in [1.54, 1.807) is 30.3 Å². The molecule has 0 radical (unpaired) electrons. The number of halogens is 1. The van der Waals surface area contributed by atoms with Gasteiger partial charge < -0.3 is 15.3 Å². The Morgan fingerprint density at radius 3 is 2.44 bits per heavy atom. The van der Waals surface area contributed by atoms with Crippen molar-refractivity contribution in [2.24, 2.45) is 0 Å². The van der Waals surface area contributed by atoms with E-state index in [2.05, 4.69) is 19.2 Å². The molecule has 0 fully saturated rings. The van der Waals surface area contributed by atoms with Crippen LogP contribution < -0.4 is 10.2 Å². The zero-order valence-electron chi connectivity index (χ0n) is 14.8. The van der Waals surface area contributed by atoms with Gasteiger partial charge in [-0.25, -0.2) is 0 Å². The Hall–Kier alpha value is -2.04. The molecule has 0 atom stereocenters. The topological polar surface area (TPSA) is 53.8 Å². The molecule has 0 saturated carbocycles. The van der Waals surface area contributed by atoms with E-state index in [4.69, 9.17) is 11.6 Å². The van der Waals surface area contributed by atoms with E-state index in [0.717, 1.165) is 37.2 Å². The number of carbonyl (C=O) groups is 1. The highest BCUT2D eigenvalue weighted by Crippen LogP contribution is 2.18. The summed E-state index contributed by atoms with van der Waals surface area (Å²) in [4.78, 5) is 13.5. The van der Waals surface area contributed by atoms with Crippen LogP contribution >= 0.6 is 11.6 Å². The summed E-state index contributed by atoms with van der Waals surface area (Å²) < 4.78 is 0. The number of quaternary nitrogens is 1. The molecule has 3 N–H and O–H groups in total. The second-order valence-corrected chi connectivity index (χ2v) is 6.55. The number of aromatic hydroxyl groups is 1. The lowest BCUT2D eigenvalue weighted by Crippen LogP contribution is -3.10. The van der Waals surface area contributed by atoms with Crippen LogP contribution in [0, 0.1) is 0 Å². The fourth-order valence-corrected chi connectivity index (χ4v) is 2.85. The van der Waals surface area contributed by atoms with Crippen molar-refractivity contribution in [2.45, 2.75) is 26.8 Å². The fourth-order valence-electron chi connectivity index (χ4n) is 2.73. The average Bonchev–Trinajstić information content (AvgIpc) is 2.62. The van der Waals surface area contributed by atoms with Crippen molar-refractivity contribution in [2.75, 3.05) is 19.6 Å². The minimum Gasteiger partial charge on any atom is -0.507 e. The summed E-state index contributed by atoms with van der Waals surface area (Å²) >= 11 is 5.83. The Balaban J connectivity index is 1.92. The van der Waals surface area contributed by atoms with Crippen molar-refractivity contribution < 1.29 is 14.8 Å². The van der Waals surface area contributed by atoms with E-state index in [1.165, 1.54) is 4.90 Å². The molecule has 0 aliphatic rings. The highest BCUT2D eigenvalue weighted by molar-refractivity contribution is 6.30. The van der Waals surface area contributed by atoms with Crippen molar-refractivity contribution >= 4 is 17.5 Å². The van der Waals surface area contributed by atoms with Gasteiger partial charge in [-0.2, -0.15) is 0 Å². The van der Waals surface area contributed by atoms with Crippen LogP contribution in [0.2, 0.25) is 5.02 Å². The first-order valence-corrected chi connectivity index (χ1v) is 9.09. The number of rotatable bonds is 8. The number of hydrogen-bond donors (Lipinski definition) is 3. The lowest BCUT2D eigenvalue weighted by atomic mass is 10.1. The molecule has 0 bridgehead atoms. The van der Waals surface area contributed by atoms with E-state index >= 15 is 0 Å². The van der Waals surface area contributed by atoms with Gasteiger partial charge in [0.1, 0.15) is 12.3 Å². The average molecular weight is 362 g/mol. The number of hydrogen-bond acceptors (Lipinski definition) is 2. The molecule has 1 amide bonds.